The highest BCUT2D eigenvalue weighted by Gasteiger charge is 2.38. The number of nitrogens with one attached hydrogen (secondary N) is 1. The molecule has 0 aromatic heterocycles. The third-order valence-corrected chi connectivity index (χ3v) is 2.86. The SMILES string of the molecule is CCCC1Oc2c(F)ccc(F)c2C1NOC. The van der Waals surface area contributed by atoms with Crippen LogP contribution in [-0.2, 0) is 4.84 Å². The monoisotopic (exact) mass is 243 g/mol. The molecule has 1 aliphatic rings. The van der Waals surface area contributed by atoms with Gasteiger partial charge in [0, 0.05) is 0 Å². The summed E-state index contributed by atoms with van der Waals surface area (Å²) < 4.78 is 32.7. The first-order valence-electron chi connectivity index (χ1n) is 5.62. The van der Waals surface area contributed by atoms with Crippen LogP contribution >= 0.6 is 0 Å². The third-order valence-electron chi connectivity index (χ3n) is 2.86. The number of hydrogen-bond acceptors (Lipinski definition) is 3. The van der Waals surface area contributed by atoms with Gasteiger partial charge in [0.15, 0.2) is 11.6 Å². The highest BCUT2D eigenvalue weighted by atomic mass is 19.1. The standard InChI is InChI=1S/C12H15F2NO2/c1-3-4-9-11(15-16-2)10-7(13)5-6-8(14)12(10)17-9/h5-6,9,11,15H,3-4H2,1-2H3. The van der Waals surface area contributed by atoms with Crippen LogP contribution < -0.4 is 10.2 Å². The predicted molar refractivity (Wildman–Crippen MR) is 58.6 cm³/mol. The van der Waals surface area contributed by atoms with Crippen LogP contribution in [0, 0.1) is 11.6 Å². The maximum absolute atomic E-state index is 13.7. The summed E-state index contributed by atoms with van der Waals surface area (Å²) >= 11 is 0. The van der Waals surface area contributed by atoms with E-state index in [0.717, 1.165) is 18.6 Å². The minimum atomic E-state index is -0.539. The number of ether oxygens (including phenoxy) is 1. The van der Waals surface area contributed by atoms with E-state index in [1.165, 1.54) is 7.11 Å². The first-order chi connectivity index (χ1) is 8.19. The number of hydrogen-bond donors (Lipinski definition) is 1. The van der Waals surface area contributed by atoms with Gasteiger partial charge in [0.25, 0.3) is 0 Å². The lowest BCUT2D eigenvalue weighted by molar-refractivity contribution is 0.0258. The summed E-state index contributed by atoms with van der Waals surface area (Å²) in [6, 6.07) is 1.72. The van der Waals surface area contributed by atoms with Crippen LogP contribution in [0.1, 0.15) is 31.4 Å². The summed E-state index contributed by atoms with van der Waals surface area (Å²) in [7, 11) is 1.44. The Labute approximate surface area is 98.7 Å². The van der Waals surface area contributed by atoms with Crippen molar-refractivity contribution < 1.29 is 18.4 Å². The summed E-state index contributed by atoms with van der Waals surface area (Å²) in [6.07, 6.45) is 1.26. The molecule has 1 heterocycles. The lowest BCUT2D eigenvalue weighted by Gasteiger charge is -2.18. The van der Waals surface area contributed by atoms with Crippen LogP contribution in [0.15, 0.2) is 12.1 Å². The van der Waals surface area contributed by atoms with Crippen molar-refractivity contribution in [3.8, 4) is 5.75 Å². The molecule has 1 aromatic rings. The van der Waals surface area contributed by atoms with Crippen LogP contribution in [0.3, 0.4) is 0 Å². The van der Waals surface area contributed by atoms with E-state index in [0.29, 0.717) is 6.42 Å². The number of benzene rings is 1. The van der Waals surface area contributed by atoms with E-state index in [1.54, 1.807) is 0 Å². The molecule has 0 bridgehead atoms. The van der Waals surface area contributed by atoms with Gasteiger partial charge in [-0.15, -0.1) is 0 Å². The molecule has 94 valence electrons. The van der Waals surface area contributed by atoms with Gasteiger partial charge in [-0.2, -0.15) is 5.48 Å². The summed E-state index contributed by atoms with van der Waals surface area (Å²) in [6.45, 7) is 1.99. The molecule has 0 radical (unpaired) electrons. The van der Waals surface area contributed by atoms with Crippen molar-refractivity contribution >= 4 is 0 Å². The van der Waals surface area contributed by atoms with Gasteiger partial charge in [-0.25, -0.2) is 8.78 Å². The molecule has 2 atom stereocenters. The minimum Gasteiger partial charge on any atom is -0.485 e. The van der Waals surface area contributed by atoms with Crippen LogP contribution in [0.4, 0.5) is 8.78 Å². The molecule has 2 rings (SSSR count). The fourth-order valence-electron chi connectivity index (χ4n) is 2.14. The lowest BCUT2D eigenvalue weighted by Crippen LogP contribution is -2.30. The van der Waals surface area contributed by atoms with E-state index in [9.17, 15) is 8.78 Å². The fourth-order valence-corrected chi connectivity index (χ4v) is 2.14. The van der Waals surface area contributed by atoms with Crippen molar-refractivity contribution in [3.63, 3.8) is 0 Å². The van der Waals surface area contributed by atoms with Gasteiger partial charge in [0.05, 0.1) is 12.7 Å². The molecule has 0 saturated carbocycles. The number of fused-ring (bicyclic) bond motifs is 1. The quantitative estimate of drug-likeness (QED) is 0.825. The first-order valence-corrected chi connectivity index (χ1v) is 5.62. The number of halogens is 2. The average Bonchev–Trinajstić information content (AvgIpc) is 2.66. The Kier molecular flexibility index (Phi) is 3.59. The second-order valence-corrected chi connectivity index (χ2v) is 4.02. The molecule has 1 N–H and O–H groups in total. The Hall–Kier alpha value is -1.20. The number of rotatable bonds is 4. The zero-order valence-corrected chi connectivity index (χ0v) is 9.80. The Morgan fingerprint density at radius 3 is 2.71 bits per heavy atom. The summed E-state index contributed by atoms with van der Waals surface area (Å²) in [5.41, 5.74) is 2.89. The van der Waals surface area contributed by atoms with Crippen molar-refractivity contribution in [1.29, 1.82) is 0 Å². The largest absolute Gasteiger partial charge is 0.485 e. The van der Waals surface area contributed by atoms with Crippen molar-refractivity contribution in [3.05, 3.63) is 29.3 Å². The molecule has 0 amide bonds. The Bertz CT molecular complexity index is 412. The summed E-state index contributed by atoms with van der Waals surface area (Å²) in [4.78, 5) is 4.83. The van der Waals surface area contributed by atoms with Crippen molar-refractivity contribution in [1.82, 2.24) is 5.48 Å². The number of hydroxylamine groups is 1. The Balaban J connectivity index is 2.39. The topological polar surface area (TPSA) is 30.5 Å². The van der Waals surface area contributed by atoms with Gasteiger partial charge in [-0.1, -0.05) is 13.3 Å². The van der Waals surface area contributed by atoms with Crippen LogP contribution in [0.5, 0.6) is 5.75 Å². The molecule has 0 spiro atoms. The van der Waals surface area contributed by atoms with E-state index in [1.807, 2.05) is 6.92 Å². The van der Waals surface area contributed by atoms with Gasteiger partial charge in [-0.3, -0.25) is 0 Å². The molecule has 0 aliphatic carbocycles. The highest BCUT2D eigenvalue weighted by Crippen LogP contribution is 2.41. The van der Waals surface area contributed by atoms with Crippen LogP contribution in [-0.4, -0.2) is 13.2 Å². The molecule has 0 fully saturated rings. The van der Waals surface area contributed by atoms with Gasteiger partial charge in [0.1, 0.15) is 18.0 Å². The molecule has 3 nitrogen and oxygen atoms in total. The van der Waals surface area contributed by atoms with Gasteiger partial charge < -0.3 is 9.57 Å². The van der Waals surface area contributed by atoms with Crippen LogP contribution in [0.25, 0.3) is 0 Å². The molecule has 17 heavy (non-hydrogen) atoms. The van der Waals surface area contributed by atoms with E-state index in [2.05, 4.69) is 5.48 Å². The molecule has 5 heteroatoms. The van der Waals surface area contributed by atoms with E-state index >= 15 is 0 Å². The Morgan fingerprint density at radius 1 is 1.35 bits per heavy atom. The van der Waals surface area contributed by atoms with E-state index < -0.39 is 17.7 Å². The zero-order chi connectivity index (χ0) is 12.4. The smallest absolute Gasteiger partial charge is 0.165 e. The third kappa shape index (κ3) is 2.12. The van der Waals surface area contributed by atoms with Crippen molar-refractivity contribution in [2.45, 2.75) is 31.9 Å². The zero-order valence-electron chi connectivity index (χ0n) is 9.80. The van der Waals surface area contributed by atoms with Crippen LogP contribution in [0.2, 0.25) is 0 Å². The van der Waals surface area contributed by atoms with E-state index in [4.69, 9.17) is 9.57 Å². The molecule has 1 aliphatic heterocycles. The second kappa shape index (κ2) is 4.98. The molecule has 2 unspecified atom stereocenters. The maximum Gasteiger partial charge on any atom is 0.165 e. The van der Waals surface area contributed by atoms with Gasteiger partial charge in [-0.05, 0) is 18.6 Å². The predicted octanol–water partition coefficient (Wildman–Crippen LogP) is 2.72. The highest BCUT2D eigenvalue weighted by molar-refractivity contribution is 5.42. The van der Waals surface area contributed by atoms with Gasteiger partial charge >= 0.3 is 0 Å². The maximum atomic E-state index is 13.7. The second-order valence-electron chi connectivity index (χ2n) is 4.02. The minimum absolute atomic E-state index is 0.00185. The average molecular weight is 243 g/mol. The van der Waals surface area contributed by atoms with E-state index in [-0.39, 0.29) is 17.4 Å². The molecular weight excluding hydrogens is 228 g/mol. The fraction of sp³-hybridized carbons (Fsp3) is 0.500. The van der Waals surface area contributed by atoms with Crippen molar-refractivity contribution in [2.75, 3.05) is 7.11 Å². The first kappa shape index (κ1) is 12.3. The van der Waals surface area contributed by atoms with Gasteiger partial charge in [0.2, 0.25) is 0 Å². The summed E-state index contributed by atoms with van der Waals surface area (Å²) in [5, 5.41) is 0. The molecule has 1 aromatic carbocycles. The molecule has 0 saturated heterocycles. The summed E-state index contributed by atoms with van der Waals surface area (Å²) in [5.74, 6) is -1.02. The normalized spacial score (nSPS) is 22.4. The molecular formula is C12H15F2NO2. The van der Waals surface area contributed by atoms with Crippen molar-refractivity contribution in [2.24, 2.45) is 0 Å². The lowest BCUT2D eigenvalue weighted by atomic mass is 10.0. The Morgan fingerprint density at radius 2 is 2.06 bits per heavy atom.